The number of fused-ring (bicyclic) bond motifs is 1. The average molecular weight is 417 g/mol. The molecule has 0 saturated carbocycles. The summed E-state index contributed by atoms with van der Waals surface area (Å²) in [6.45, 7) is 6.75. The molecule has 2 aromatic rings. The molecule has 2 aliphatic rings. The largest absolute Gasteiger partial charge is 0.385 e. The predicted molar refractivity (Wildman–Crippen MR) is 116 cm³/mol. The molecule has 29 heavy (non-hydrogen) atoms. The van der Waals surface area contributed by atoms with Crippen molar-refractivity contribution in [2.75, 3.05) is 44.2 Å². The van der Waals surface area contributed by atoms with Crippen LogP contribution in [-0.2, 0) is 7.05 Å². The van der Waals surface area contributed by atoms with Gasteiger partial charge in [0, 0.05) is 63.2 Å². The monoisotopic (exact) mass is 416 g/mol. The molecule has 1 fully saturated rings. The van der Waals surface area contributed by atoms with Gasteiger partial charge in [-0.3, -0.25) is 9.69 Å². The van der Waals surface area contributed by atoms with Crippen molar-refractivity contribution in [3.05, 3.63) is 52.8 Å². The number of amides is 1. The van der Waals surface area contributed by atoms with Gasteiger partial charge in [0.2, 0.25) is 0 Å². The summed E-state index contributed by atoms with van der Waals surface area (Å²) < 4.78 is 1.89. The smallest absolute Gasteiger partial charge is 0.255 e. The highest BCUT2D eigenvalue weighted by atomic mass is 35.5. The summed E-state index contributed by atoms with van der Waals surface area (Å²) in [7, 11) is 1.90. The highest BCUT2D eigenvalue weighted by Crippen LogP contribution is 2.31. The summed E-state index contributed by atoms with van der Waals surface area (Å²) in [5.41, 5.74) is 2.50. The first-order chi connectivity index (χ1) is 14.0. The van der Waals surface area contributed by atoms with E-state index in [0.29, 0.717) is 18.7 Å². The zero-order valence-corrected chi connectivity index (χ0v) is 17.8. The second-order valence-electron chi connectivity index (χ2n) is 7.99. The fourth-order valence-electron chi connectivity index (χ4n) is 4.61. The second-order valence-corrected chi connectivity index (χ2v) is 8.43. The first kappa shape index (κ1) is 20.3. The minimum atomic E-state index is -0.687. The predicted octanol–water partition coefficient (Wildman–Crippen LogP) is 2.77. The summed E-state index contributed by atoms with van der Waals surface area (Å²) in [5.74, 6) is 0.0292. The standard InChI is InChI=1S/C22H29ClN4O2/c1-3-8-27-15-19(21(28)20-18(22(27)29)7-9-24(20)2)26-12-10-25(11-13-26)17-6-4-5-16(23)14-17/h4-7,9,14,19,21,28H,3,8,10-13,15H2,1-2H3. The Labute approximate surface area is 177 Å². The van der Waals surface area contributed by atoms with Crippen LogP contribution in [0, 0.1) is 0 Å². The fraction of sp³-hybridized carbons (Fsp3) is 0.500. The maximum atomic E-state index is 13.0. The van der Waals surface area contributed by atoms with E-state index in [2.05, 4.69) is 22.8 Å². The number of rotatable bonds is 4. The van der Waals surface area contributed by atoms with Gasteiger partial charge in [0.25, 0.3) is 5.91 Å². The van der Waals surface area contributed by atoms with Crippen molar-refractivity contribution in [3.63, 3.8) is 0 Å². The van der Waals surface area contributed by atoms with E-state index < -0.39 is 6.10 Å². The zero-order valence-electron chi connectivity index (χ0n) is 17.1. The summed E-state index contributed by atoms with van der Waals surface area (Å²) in [6, 6.07) is 9.67. The van der Waals surface area contributed by atoms with Gasteiger partial charge in [-0.1, -0.05) is 24.6 Å². The molecule has 156 valence electrons. The quantitative estimate of drug-likeness (QED) is 0.832. The lowest BCUT2D eigenvalue weighted by atomic mass is 10.0. The molecule has 4 rings (SSSR count). The number of benzene rings is 1. The number of piperazine rings is 1. The van der Waals surface area contributed by atoms with Gasteiger partial charge < -0.3 is 19.5 Å². The minimum absolute atomic E-state index is 0.0292. The number of aromatic nitrogens is 1. The van der Waals surface area contributed by atoms with Crippen LogP contribution in [0.2, 0.25) is 5.02 Å². The molecule has 3 heterocycles. The van der Waals surface area contributed by atoms with Crippen molar-refractivity contribution in [2.24, 2.45) is 7.05 Å². The van der Waals surface area contributed by atoms with E-state index in [9.17, 15) is 9.90 Å². The van der Waals surface area contributed by atoms with E-state index in [1.165, 1.54) is 0 Å². The topological polar surface area (TPSA) is 52.0 Å². The Bertz CT molecular complexity index is 875. The summed E-state index contributed by atoms with van der Waals surface area (Å²) in [4.78, 5) is 19.6. The van der Waals surface area contributed by atoms with Gasteiger partial charge >= 0.3 is 0 Å². The maximum Gasteiger partial charge on any atom is 0.255 e. The van der Waals surface area contributed by atoms with Crippen molar-refractivity contribution in [3.8, 4) is 0 Å². The molecule has 1 aromatic heterocycles. The van der Waals surface area contributed by atoms with Crippen LogP contribution in [0.15, 0.2) is 36.5 Å². The molecular formula is C22H29ClN4O2. The van der Waals surface area contributed by atoms with Crippen LogP contribution in [0.4, 0.5) is 5.69 Å². The molecule has 6 nitrogen and oxygen atoms in total. The molecule has 1 aromatic carbocycles. The van der Waals surface area contributed by atoms with Crippen LogP contribution in [0.1, 0.15) is 35.5 Å². The molecule has 0 radical (unpaired) electrons. The molecule has 1 amide bonds. The van der Waals surface area contributed by atoms with Crippen molar-refractivity contribution >= 4 is 23.2 Å². The number of aliphatic hydroxyl groups is 1. The first-order valence-electron chi connectivity index (χ1n) is 10.4. The third-order valence-corrected chi connectivity index (χ3v) is 6.38. The fourth-order valence-corrected chi connectivity index (χ4v) is 4.80. The normalized spacial score (nSPS) is 23.2. The van der Waals surface area contributed by atoms with Crippen molar-refractivity contribution < 1.29 is 9.90 Å². The number of aliphatic hydroxyl groups excluding tert-OH is 1. The lowest BCUT2D eigenvalue weighted by molar-refractivity contribution is 0.0248. The molecule has 2 unspecified atom stereocenters. The number of aryl methyl sites for hydroxylation is 1. The SMILES string of the molecule is CCCN1CC(N2CCN(c3cccc(Cl)c3)CC2)C(O)c2c(ccn2C)C1=O. The van der Waals surface area contributed by atoms with E-state index in [-0.39, 0.29) is 11.9 Å². The van der Waals surface area contributed by atoms with Crippen molar-refractivity contribution in [2.45, 2.75) is 25.5 Å². The van der Waals surface area contributed by atoms with Crippen LogP contribution in [0.25, 0.3) is 0 Å². The van der Waals surface area contributed by atoms with Crippen molar-refractivity contribution in [1.29, 1.82) is 0 Å². The molecule has 2 atom stereocenters. The Morgan fingerprint density at radius 2 is 1.93 bits per heavy atom. The minimum Gasteiger partial charge on any atom is -0.385 e. The molecule has 1 N–H and O–H groups in total. The van der Waals surface area contributed by atoms with Gasteiger partial charge in [-0.2, -0.15) is 0 Å². The van der Waals surface area contributed by atoms with E-state index in [1.54, 1.807) is 0 Å². The number of carbonyl (C=O) groups is 1. The number of carbonyl (C=O) groups excluding carboxylic acids is 1. The van der Waals surface area contributed by atoms with E-state index >= 15 is 0 Å². The number of nitrogens with zero attached hydrogens (tertiary/aromatic N) is 4. The third-order valence-electron chi connectivity index (χ3n) is 6.14. The number of anilines is 1. The first-order valence-corrected chi connectivity index (χ1v) is 10.7. The van der Waals surface area contributed by atoms with Gasteiger partial charge in [-0.25, -0.2) is 0 Å². The van der Waals surface area contributed by atoms with Gasteiger partial charge in [-0.05, 0) is 30.7 Å². The molecule has 0 bridgehead atoms. The van der Waals surface area contributed by atoms with E-state index in [4.69, 9.17) is 11.6 Å². The Balaban J connectivity index is 1.54. The van der Waals surface area contributed by atoms with Gasteiger partial charge in [-0.15, -0.1) is 0 Å². The average Bonchev–Trinajstić information content (AvgIpc) is 3.07. The van der Waals surface area contributed by atoms with Crippen LogP contribution in [-0.4, -0.2) is 70.7 Å². The third kappa shape index (κ3) is 3.89. The Hall–Kier alpha value is -2.02. The molecule has 0 aliphatic carbocycles. The number of hydrogen-bond acceptors (Lipinski definition) is 4. The summed E-state index contributed by atoms with van der Waals surface area (Å²) >= 11 is 6.15. The Morgan fingerprint density at radius 1 is 1.17 bits per heavy atom. The number of halogens is 1. The number of hydrogen-bond donors (Lipinski definition) is 1. The van der Waals surface area contributed by atoms with E-state index in [1.807, 2.05) is 47.0 Å². The van der Waals surface area contributed by atoms with Crippen molar-refractivity contribution in [1.82, 2.24) is 14.4 Å². The molecule has 1 saturated heterocycles. The zero-order chi connectivity index (χ0) is 20.5. The molecular weight excluding hydrogens is 388 g/mol. The summed E-state index contributed by atoms with van der Waals surface area (Å²) in [5, 5.41) is 12.0. The maximum absolute atomic E-state index is 13.0. The highest BCUT2D eigenvalue weighted by Gasteiger charge is 2.39. The molecule has 0 spiro atoms. The van der Waals surface area contributed by atoms with Crippen LogP contribution < -0.4 is 4.90 Å². The lowest BCUT2D eigenvalue weighted by Crippen LogP contribution is -2.55. The van der Waals surface area contributed by atoms with Crippen LogP contribution >= 0.6 is 11.6 Å². The molecule has 2 aliphatic heterocycles. The highest BCUT2D eigenvalue weighted by molar-refractivity contribution is 6.30. The van der Waals surface area contributed by atoms with E-state index in [0.717, 1.165) is 49.0 Å². The Morgan fingerprint density at radius 3 is 2.62 bits per heavy atom. The van der Waals surface area contributed by atoms with Gasteiger partial charge in [0.15, 0.2) is 0 Å². The van der Waals surface area contributed by atoms with Gasteiger partial charge in [0.05, 0.1) is 17.3 Å². The lowest BCUT2D eigenvalue weighted by Gasteiger charge is -2.42. The molecule has 7 heteroatoms. The van der Waals surface area contributed by atoms with Crippen LogP contribution in [0.3, 0.4) is 0 Å². The van der Waals surface area contributed by atoms with Crippen LogP contribution in [0.5, 0.6) is 0 Å². The summed E-state index contributed by atoms with van der Waals surface area (Å²) in [6.07, 6.45) is 2.09. The Kier molecular flexibility index (Phi) is 5.86. The van der Waals surface area contributed by atoms with Gasteiger partial charge in [0.1, 0.15) is 6.10 Å². The second kappa shape index (κ2) is 8.38.